The van der Waals surface area contributed by atoms with Gasteiger partial charge in [-0.25, -0.2) is 0 Å². The smallest absolute Gasteiger partial charge is 0.231 e. The second-order valence-corrected chi connectivity index (χ2v) is 5.60. The zero-order chi connectivity index (χ0) is 14.2. The van der Waals surface area contributed by atoms with Gasteiger partial charge in [0.25, 0.3) is 0 Å². The number of amides is 1. The van der Waals surface area contributed by atoms with Gasteiger partial charge in [-0.1, -0.05) is 13.8 Å². The van der Waals surface area contributed by atoms with Crippen molar-refractivity contribution < 1.29 is 4.79 Å². The number of nitrogens with two attached hydrogens (primary N) is 1. The second kappa shape index (κ2) is 5.21. The van der Waals surface area contributed by atoms with E-state index in [0.717, 1.165) is 16.9 Å². The van der Waals surface area contributed by atoms with E-state index < -0.39 is 0 Å². The molecule has 1 heterocycles. The number of hydrogen-bond donors (Lipinski definition) is 1. The third-order valence-electron chi connectivity index (χ3n) is 4.06. The molecule has 1 aromatic rings. The van der Waals surface area contributed by atoms with E-state index in [9.17, 15) is 4.79 Å². The molecule has 4 nitrogen and oxygen atoms in total. The van der Waals surface area contributed by atoms with E-state index in [1.807, 2.05) is 13.1 Å². The zero-order valence-electron chi connectivity index (χ0n) is 12.2. The van der Waals surface area contributed by atoms with Crippen LogP contribution in [0.3, 0.4) is 0 Å². The summed E-state index contributed by atoms with van der Waals surface area (Å²) in [7, 11) is 3.90. The van der Waals surface area contributed by atoms with Crippen LogP contribution in [0.4, 0.5) is 11.4 Å². The minimum atomic E-state index is 0.161. The average molecular weight is 261 g/mol. The van der Waals surface area contributed by atoms with Crippen molar-refractivity contribution in [1.82, 2.24) is 0 Å². The molecule has 0 aromatic heterocycles. The molecule has 2 N–H and O–H groups in total. The van der Waals surface area contributed by atoms with Gasteiger partial charge >= 0.3 is 0 Å². The molecule has 104 valence electrons. The van der Waals surface area contributed by atoms with Crippen molar-refractivity contribution in [2.75, 3.05) is 30.4 Å². The molecule has 0 radical (unpaired) electrons. The highest BCUT2D eigenvalue weighted by Gasteiger charge is 2.25. The maximum Gasteiger partial charge on any atom is 0.231 e. The van der Waals surface area contributed by atoms with Crippen molar-refractivity contribution in [2.24, 2.45) is 11.7 Å². The number of hydrogen-bond acceptors (Lipinski definition) is 3. The van der Waals surface area contributed by atoms with E-state index in [1.165, 1.54) is 0 Å². The maximum atomic E-state index is 11.7. The number of carbonyl (C=O) groups excluding carboxylic acids is 1. The molecule has 1 atom stereocenters. The molecule has 1 aliphatic rings. The van der Waals surface area contributed by atoms with E-state index in [-0.39, 0.29) is 5.91 Å². The molecule has 0 aliphatic carbocycles. The molecule has 4 heteroatoms. The number of fused-ring (bicyclic) bond motifs is 1. The molecule has 19 heavy (non-hydrogen) atoms. The lowest BCUT2D eigenvalue weighted by Gasteiger charge is -2.32. The summed E-state index contributed by atoms with van der Waals surface area (Å²) in [5, 5.41) is 0. The van der Waals surface area contributed by atoms with E-state index >= 15 is 0 Å². The largest absolute Gasteiger partial charge is 0.370 e. The number of anilines is 2. The summed E-state index contributed by atoms with van der Waals surface area (Å²) in [6, 6.07) is 6.52. The fraction of sp³-hybridized carbons (Fsp3) is 0.533. The van der Waals surface area contributed by atoms with Crippen molar-refractivity contribution in [3.8, 4) is 0 Å². The summed E-state index contributed by atoms with van der Waals surface area (Å²) in [6.07, 6.45) is 0.502. The highest BCUT2D eigenvalue weighted by molar-refractivity contribution is 6.01. The normalized spacial score (nSPS) is 15.9. The molecule has 0 spiro atoms. The zero-order valence-corrected chi connectivity index (χ0v) is 12.2. The van der Waals surface area contributed by atoms with Gasteiger partial charge < -0.3 is 15.5 Å². The van der Waals surface area contributed by atoms with Gasteiger partial charge in [-0.15, -0.1) is 0 Å². The van der Waals surface area contributed by atoms with Gasteiger partial charge in [0.15, 0.2) is 0 Å². The topological polar surface area (TPSA) is 49.6 Å². The fourth-order valence-corrected chi connectivity index (χ4v) is 2.74. The van der Waals surface area contributed by atoms with Gasteiger partial charge in [-0.3, -0.25) is 4.79 Å². The van der Waals surface area contributed by atoms with Crippen molar-refractivity contribution in [3.05, 3.63) is 23.8 Å². The van der Waals surface area contributed by atoms with Crippen molar-refractivity contribution >= 4 is 17.3 Å². The van der Waals surface area contributed by atoms with Gasteiger partial charge in [0.05, 0.1) is 6.42 Å². The maximum absolute atomic E-state index is 11.7. The fourth-order valence-electron chi connectivity index (χ4n) is 2.74. The minimum absolute atomic E-state index is 0.161. The molecular formula is C15H23N3O. The molecule has 1 aromatic carbocycles. The summed E-state index contributed by atoms with van der Waals surface area (Å²) in [5.41, 5.74) is 9.13. The summed E-state index contributed by atoms with van der Waals surface area (Å²) in [5.74, 6) is 0.654. The number of benzene rings is 1. The Balaban J connectivity index is 2.28. The Labute approximate surface area is 115 Å². The highest BCUT2D eigenvalue weighted by atomic mass is 16.2. The summed E-state index contributed by atoms with van der Waals surface area (Å²) in [6.45, 7) is 4.99. The Hall–Kier alpha value is -1.55. The van der Waals surface area contributed by atoms with Gasteiger partial charge in [0.2, 0.25) is 5.91 Å². The molecular weight excluding hydrogens is 238 g/mol. The van der Waals surface area contributed by atoms with Crippen molar-refractivity contribution in [3.63, 3.8) is 0 Å². The summed E-state index contributed by atoms with van der Waals surface area (Å²) < 4.78 is 0. The van der Waals surface area contributed by atoms with Crippen LogP contribution in [0, 0.1) is 5.92 Å². The number of likely N-dealkylation sites (N-methyl/N-ethyl adjacent to an activating group) is 2. The van der Waals surface area contributed by atoms with Crippen molar-refractivity contribution in [2.45, 2.75) is 26.3 Å². The van der Waals surface area contributed by atoms with Gasteiger partial charge in [0.1, 0.15) is 0 Å². The molecule has 1 unspecified atom stereocenters. The Morgan fingerprint density at radius 3 is 2.68 bits per heavy atom. The monoisotopic (exact) mass is 261 g/mol. The first kappa shape index (κ1) is 13.9. The standard InChI is InChI=1S/C15H23N3O/c1-10(2)14(9-16)17(3)12-5-6-13-11(7-12)8-15(19)18(13)4/h5-7,10,14H,8-9,16H2,1-4H3. The second-order valence-electron chi connectivity index (χ2n) is 5.60. The van der Waals surface area contributed by atoms with Crippen LogP contribution in [-0.2, 0) is 11.2 Å². The van der Waals surface area contributed by atoms with Crippen LogP contribution < -0.4 is 15.5 Å². The number of rotatable bonds is 4. The first-order valence-electron chi connectivity index (χ1n) is 6.78. The lowest BCUT2D eigenvalue weighted by molar-refractivity contribution is -0.117. The van der Waals surface area contributed by atoms with E-state index in [0.29, 0.717) is 24.9 Å². The summed E-state index contributed by atoms with van der Waals surface area (Å²) in [4.78, 5) is 15.6. The van der Waals surface area contributed by atoms with Crippen molar-refractivity contribution in [1.29, 1.82) is 0 Å². The molecule has 0 saturated carbocycles. The van der Waals surface area contributed by atoms with Crippen LogP contribution in [0.1, 0.15) is 19.4 Å². The number of carbonyl (C=O) groups is 1. The first-order valence-corrected chi connectivity index (χ1v) is 6.78. The van der Waals surface area contributed by atoms with Gasteiger partial charge in [-0.05, 0) is 29.7 Å². The Morgan fingerprint density at radius 2 is 2.11 bits per heavy atom. The van der Waals surface area contributed by atoms with Crippen LogP contribution in [0.15, 0.2) is 18.2 Å². The SMILES string of the molecule is CC(C)C(CN)N(C)c1ccc2c(c1)CC(=O)N2C. The highest BCUT2D eigenvalue weighted by Crippen LogP contribution is 2.32. The van der Waals surface area contributed by atoms with Crippen LogP contribution in [0.5, 0.6) is 0 Å². The molecule has 0 bridgehead atoms. The van der Waals surface area contributed by atoms with Gasteiger partial charge in [0, 0.05) is 38.1 Å². The lowest BCUT2D eigenvalue weighted by atomic mass is 10.0. The van der Waals surface area contributed by atoms with Crippen LogP contribution in [0.2, 0.25) is 0 Å². The Bertz CT molecular complexity index is 484. The van der Waals surface area contributed by atoms with E-state index in [2.05, 4.69) is 37.9 Å². The average Bonchev–Trinajstić information content (AvgIpc) is 2.65. The van der Waals surface area contributed by atoms with E-state index in [1.54, 1.807) is 4.90 Å². The Kier molecular flexibility index (Phi) is 3.80. The van der Waals surface area contributed by atoms with Gasteiger partial charge in [-0.2, -0.15) is 0 Å². The molecule has 1 aliphatic heterocycles. The predicted molar refractivity (Wildman–Crippen MR) is 79.6 cm³/mol. The molecule has 0 fully saturated rings. The van der Waals surface area contributed by atoms with Crippen LogP contribution in [-0.4, -0.2) is 32.6 Å². The summed E-state index contributed by atoms with van der Waals surface area (Å²) >= 11 is 0. The number of nitrogens with zero attached hydrogens (tertiary/aromatic N) is 2. The predicted octanol–water partition coefficient (Wildman–Crippen LogP) is 1.62. The minimum Gasteiger partial charge on any atom is -0.370 e. The quantitative estimate of drug-likeness (QED) is 0.896. The lowest BCUT2D eigenvalue weighted by Crippen LogP contribution is -2.41. The molecule has 1 amide bonds. The Morgan fingerprint density at radius 1 is 1.42 bits per heavy atom. The third kappa shape index (κ3) is 2.45. The van der Waals surface area contributed by atoms with E-state index in [4.69, 9.17) is 5.73 Å². The third-order valence-corrected chi connectivity index (χ3v) is 4.06. The molecule has 2 rings (SSSR count). The molecule has 0 saturated heterocycles. The van der Waals surface area contributed by atoms with Crippen LogP contribution >= 0.6 is 0 Å². The first-order chi connectivity index (χ1) is 8.95. The van der Waals surface area contributed by atoms with Crippen LogP contribution in [0.25, 0.3) is 0 Å².